The highest BCUT2D eigenvalue weighted by Crippen LogP contribution is 2.13. The molecule has 110 valence electrons. The van der Waals surface area contributed by atoms with Crippen molar-refractivity contribution >= 4 is 17.7 Å². The third kappa shape index (κ3) is 3.78. The van der Waals surface area contributed by atoms with Gasteiger partial charge in [-0.15, -0.1) is 0 Å². The number of anilines is 1. The van der Waals surface area contributed by atoms with E-state index in [0.717, 1.165) is 0 Å². The van der Waals surface area contributed by atoms with Gasteiger partial charge in [-0.1, -0.05) is 0 Å². The van der Waals surface area contributed by atoms with Crippen molar-refractivity contribution in [2.45, 2.75) is 19.9 Å². The lowest BCUT2D eigenvalue weighted by atomic mass is 10.2. The molecule has 0 bridgehead atoms. The summed E-state index contributed by atoms with van der Waals surface area (Å²) in [6.07, 6.45) is 4.11. The Morgan fingerprint density at radius 2 is 2.10 bits per heavy atom. The van der Waals surface area contributed by atoms with Crippen LogP contribution < -0.4 is 10.6 Å². The number of rotatable bonds is 4. The van der Waals surface area contributed by atoms with Crippen LogP contribution in [0.5, 0.6) is 0 Å². The molecular formula is C13H14N4O4. The van der Waals surface area contributed by atoms with Crippen molar-refractivity contribution in [1.82, 2.24) is 15.3 Å². The molecule has 0 aliphatic rings. The van der Waals surface area contributed by atoms with Crippen LogP contribution in [0, 0.1) is 6.92 Å². The maximum atomic E-state index is 11.8. The maximum Gasteiger partial charge on any atom is 0.337 e. The zero-order valence-electron chi connectivity index (χ0n) is 11.5. The Bertz CT molecular complexity index is 668. The lowest BCUT2D eigenvalue weighted by Gasteiger charge is -2.11. The van der Waals surface area contributed by atoms with E-state index in [0.29, 0.717) is 11.7 Å². The fourth-order valence-corrected chi connectivity index (χ4v) is 1.62. The molecule has 8 nitrogen and oxygen atoms in total. The molecule has 1 unspecified atom stereocenters. The fourth-order valence-electron chi connectivity index (χ4n) is 1.62. The van der Waals surface area contributed by atoms with Gasteiger partial charge in [-0.25, -0.2) is 14.6 Å². The number of carbonyl (C=O) groups is 2. The summed E-state index contributed by atoms with van der Waals surface area (Å²) in [5, 5.41) is 14.0. The minimum absolute atomic E-state index is 0.0100. The van der Waals surface area contributed by atoms with E-state index in [1.54, 1.807) is 20.0 Å². The van der Waals surface area contributed by atoms with Gasteiger partial charge in [0.2, 0.25) is 5.89 Å². The quantitative estimate of drug-likeness (QED) is 0.792. The average molecular weight is 290 g/mol. The highest BCUT2D eigenvalue weighted by molar-refractivity contribution is 5.92. The summed E-state index contributed by atoms with van der Waals surface area (Å²) < 4.78 is 5.30. The molecule has 21 heavy (non-hydrogen) atoms. The number of nitrogens with one attached hydrogen (secondary N) is 2. The Morgan fingerprint density at radius 3 is 2.71 bits per heavy atom. The van der Waals surface area contributed by atoms with Gasteiger partial charge in [-0.05, 0) is 19.9 Å². The minimum atomic E-state index is -1.12. The van der Waals surface area contributed by atoms with Gasteiger partial charge in [0.05, 0.1) is 23.6 Å². The molecular weight excluding hydrogens is 276 g/mol. The number of carbonyl (C=O) groups excluding carboxylic acids is 1. The van der Waals surface area contributed by atoms with E-state index in [-0.39, 0.29) is 11.3 Å². The highest BCUT2D eigenvalue weighted by atomic mass is 16.4. The smallest absolute Gasteiger partial charge is 0.337 e. The Labute approximate surface area is 120 Å². The Balaban J connectivity index is 1.98. The number of hydrogen-bond donors (Lipinski definition) is 3. The number of oxazole rings is 1. The number of nitrogens with zero attached hydrogens (tertiary/aromatic N) is 2. The monoisotopic (exact) mass is 290 g/mol. The summed E-state index contributed by atoms with van der Waals surface area (Å²) in [7, 11) is 0. The predicted octanol–water partition coefficient (Wildman–Crippen LogP) is 1.96. The van der Waals surface area contributed by atoms with Crippen LogP contribution in [0.1, 0.15) is 35.0 Å². The molecule has 2 amide bonds. The largest absolute Gasteiger partial charge is 0.478 e. The van der Waals surface area contributed by atoms with E-state index >= 15 is 0 Å². The summed E-state index contributed by atoms with van der Waals surface area (Å²) in [6, 6.07) is 0.381. The number of aromatic carboxylic acids is 1. The van der Waals surface area contributed by atoms with Crippen LogP contribution in [0.2, 0.25) is 0 Å². The van der Waals surface area contributed by atoms with E-state index < -0.39 is 18.0 Å². The van der Waals surface area contributed by atoms with Crippen molar-refractivity contribution in [3.63, 3.8) is 0 Å². The fraction of sp³-hybridized carbons (Fsp3) is 0.231. The molecule has 0 aliphatic heterocycles. The van der Waals surface area contributed by atoms with Gasteiger partial charge in [0.15, 0.2) is 0 Å². The van der Waals surface area contributed by atoms with E-state index in [4.69, 9.17) is 9.52 Å². The maximum absolute atomic E-state index is 11.8. The summed E-state index contributed by atoms with van der Waals surface area (Å²) >= 11 is 0. The first-order valence-corrected chi connectivity index (χ1v) is 6.14. The van der Waals surface area contributed by atoms with Crippen molar-refractivity contribution in [3.05, 3.63) is 41.9 Å². The van der Waals surface area contributed by atoms with Gasteiger partial charge in [0.25, 0.3) is 0 Å². The topological polar surface area (TPSA) is 117 Å². The predicted molar refractivity (Wildman–Crippen MR) is 73.0 cm³/mol. The number of hydrogen-bond acceptors (Lipinski definition) is 5. The van der Waals surface area contributed by atoms with E-state index in [2.05, 4.69) is 20.6 Å². The Kier molecular flexibility index (Phi) is 4.17. The molecule has 2 aromatic rings. The van der Waals surface area contributed by atoms with Gasteiger partial charge < -0.3 is 20.2 Å². The molecule has 2 aromatic heterocycles. The number of carboxylic acid groups (broad SMARTS) is 1. The zero-order chi connectivity index (χ0) is 15.4. The first kappa shape index (κ1) is 14.5. The number of aromatic nitrogens is 2. The van der Waals surface area contributed by atoms with Crippen molar-refractivity contribution in [1.29, 1.82) is 0 Å². The average Bonchev–Trinajstić information content (AvgIpc) is 2.85. The molecule has 0 aliphatic carbocycles. The third-order valence-electron chi connectivity index (χ3n) is 2.60. The van der Waals surface area contributed by atoms with Crippen LogP contribution in [0.4, 0.5) is 10.5 Å². The van der Waals surface area contributed by atoms with E-state index in [1.807, 2.05) is 0 Å². The van der Waals surface area contributed by atoms with Crippen molar-refractivity contribution in [2.24, 2.45) is 0 Å². The van der Waals surface area contributed by atoms with Gasteiger partial charge in [0, 0.05) is 6.20 Å². The Hall–Kier alpha value is -2.90. The van der Waals surface area contributed by atoms with Crippen molar-refractivity contribution in [2.75, 3.05) is 5.32 Å². The molecule has 8 heteroatoms. The van der Waals surface area contributed by atoms with Crippen LogP contribution in [-0.4, -0.2) is 27.1 Å². The van der Waals surface area contributed by atoms with E-state index in [1.165, 1.54) is 18.5 Å². The number of amides is 2. The molecule has 0 aromatic carbocycles. The lowest BCUT2D eigenvalue weighted by Crippen LogP contribution is -2.31. The SMILES string of the molecule is Cc1cnc(C(C)NC(=O)Nc2cncc(C(=O)O)c2)o1. The van der Waals surface area contributed by atoms with Gasteiger partial charge in [-0.2, -0.15) is 0 Å². The van der Waals surface area contributed by atoms with E-state index in [9.17, 15) is 9.59 Å². The molecule has 0 saturated carbocycles. The first-order chi connectivity index (χ1) is 9.95. The molecule has 0 saturated heterocycles. The standard InChI is InChI=1S/C13H14N4O4/c1-7-4-15-11(21-7)8(2)16-13(20)17-10-3-9(12(18)19)5-14-6-10/h3-6,8H,1-2H3,(H,18,19)(H2,16,17,20). The van der Waals surface area contributed by atoms with Crippen LogP contribution in [0.3, 0.4) is 0 Å². The molecule has 2 heterocycles. The van der Waals surface area contributed by atoms with Crippen molar-refractivity contribution in [3.8, 4) is 0 Å². The lowest BCUT2D eigenvalue weighted by molar-refractivity contribution is 0.0696. The van der Waals surface area contributed by atoms with Crippen LogP contribution in [0.15, 0.2) is 29.1 Å². The molecule has 0 fully saturated rings. The van der Waals surface area contributed by atoms with Crippen molar-refractivity contribution < 1.29 is 19.1 Å². The van der Waals surface area contributed by atoms with Crippen LogP contribution in [-0.2, 0) is 0 Å². The summed E-state index contributed by atoms with van der Waals surface area (Å²) in [6.45, 7) is 3.48. The van der Waals surface area contributed by atoms with Gasteiger partial charge >= 0.3 is 12.0 Å². The second kappa shape index (κ2) is 6.04. The summed E-state index contributed by atoms with van der Waals surface area (Å²) in [4.78, 5) is 30.4. The van der Waals surface area contributed by atoms with Gasteiger partial charge in [-0.3, -0.25) is 4.98 Å². The second-order valence-corrected chi connectivity index (χ2v) is 4.40. The molecule has 0 radical (unpaired) electrons. The number of aryl methyl sites for hydroxylation is 1. The highest BCUT2D eigenvalue weighted by Gasteiger charge is 2.14. The molecule has 0 spiro atoms. The molecule has 3 N–H and O–H groups in total. The van der Waals surface area contributed by atoms with Gasteiger partial charge in [0.1, 0.15) is 11.8 Å². The number of urea groups is 1. The third-order valence-corrected chi connectivity index (χ3v) is 2.60. The molecule has 2 rings (SSSR count). The number of carboxylic acids is 1. The first-order valence-electron chi connectivity index (χ1n) is 6.14. The normalized spacial score (nSPS) is 11.7. The summed E-state index contributed by atoms with van der Waals surface area (Å²) in [5.41, 5.74) is 0.271. The molecule has 1 atom stereocenters. The number of pyridine rings is 1. The second-order valence-electron chi connectivity index (χ2n) is 4.40. The summed E-state index contributed by atoms with van der Waals surface area (Å²) in [5.74, 6) is -0.0762. The zero-order valence-corrected chi connectivity index (χ0v) is 11.5. The Morgan fingerprint density at radius 1 is 1.33 bits per heavy atom. The van der Waals surface area contributed by atoms with Crippen LogP contribution in [0.25, 0.3) is 0 Å². The minimum Gasteiger partial charge on any atom is -0.478 e. The van der Waals surface area contributed by atoms with Crippen LogP contribution >= 0.6 is 0 Å².